The number of rotatable bonds is 2. The van der Waals surface area contributed by atoms with E-state index >= 15 is 0 Å². The molecule has 2 aromatic carbocycles. The number of carbonyl (C=O) groups excluding carboxylic acids is 1. The van der Waals surface area contributed by atoms with Gasteiger partial charge in [0.1, 0.15) is 0 Å². The summed E-state index contributed by atoms with van der Waals surface area (Å²) in [5.41, 5.74) is 2.66. The van der Waals surface area contributed by atoms with Crippen LogP contribution in [0, 0.1) is 0 Å². The molecule has 0 unspecified atom stereocenters. The lowest BCUT2D eigenvalue weighted by atomic mass is 10.1. The zero-order valence-corrected chi connectivity index (χ0v) is 11.1. The van der Waals surface area contributed by atoms with Crippen LogP contribution in [0.15, 0.2) is 48.7 Å². The molecule has 98 valence electrons. The molecule has 0 aliphatic carbocycles. The summed E-state index contributed by atoms with van der Waals surface area (Å²) in [6.07, 6.45) is 1.89. The van der Waals surface area contributed by atoms with Crippen LogP contribution < -0.4 is 4.90 Å². The van der Waals surface area contributed by atoms with Crippen LogP contribution >= 0.6 is 0 Å². The minimum absolute atomic E-state index is 0.0578. The predicted octanol–water partition coefficient (Wildman–Crippen LogP) is 2.73. The number of hydrogen-bond donors (Lipinski definition) is 0. The van der Waals surface area contributed by atoms with E-state index < -0.39 is 0 Å². The van der Waals surface area contributed by atoms with Gasteiger partial charge < -0.3 is 4.90 Å². The maximum absolute atomic E-state index is 12.6. The lowest BCUT2D eigenvalue weighted by Gasteiger charge is -2.16. The third-order valence-electron chi connectivity index (χ3n) is 3.74. The number of nitrogens with zero attached hydrogens (tertiary/aromatic N) is 3. The fraction of sp³-hybridized carbons (Fsp3) is 0.125. The van der Waals surface area contributed by atoms with Gasteiger partial charge in [-0.25, -0.2) is 0 Å². The first-order valence-electron chi connectivity index (χ1n) is 6.56. The number of benzene rings is 2. The summed E-state index contributed by atoms with van der Waals surface area (Å²) in [6.45, 7) is 0.507. The highest BCUT2D eigenvalue weighted by molar-refractivity contribution is 6.24. The molecule has 0 saturated heterocycles. The number of hydrogen-bond acceptors (Lipinski definition) is 2. The van der Waals surface area contributed by atoms with Crippen molar-refractivity contribution in [3.05, 3.63) is 59.9 Å². The molecule has 2 heterocycles. The maximum atomic E-state index is 12.6. The van der Waals surface area contributed by atoms with E-state index in [2.05, 4.69) is 5.10 Å². The van der Waals surface area contributed by atoms with Crippen molar-refractivity contribution in [3.63, 3.8) is 0 Å². The van der Waals surface area contributed by atoms with E-state index in [1.807, 2.05) is 55.7 Å². The van der Waals surface area contributed by atoms with Crippen LogP contribution in [-0.4, -0.2) is 15.7 Å². The number of aromatic nitrogens is 2. The Morgan fingerprint density at radius 3 is 2.65 bits per heavy atom. The van der Waals surface area contributed by atoms with Crippen molar-refractivity contribution in [1.29, 1.82) is 0 Å². The summed E-state index contributed by atoms with van der Waals surface area (Å²) in [4.78, 5) is 14.4. The van der Waals surface area contributed by atoms with Crippen molar-refractivity contribution in [2.24, 2.45) is 7.05 Å². The Morgan fingerprint density at radius 2 is 1.90 bits per heavy atom. The monoisotopic (exact) mass is 263 g/mol. The predicted molar refractivity (Wildman–Crippen MR) is 77.7 cm³/mol. The first kappa shape index (κ1) is 11.2. The van der Waals surface area contributed by atoms with E-state index in [4.69, 9.17) is 0 Å². The normalized spacial score (nSPS) is 13.4. The van der Waals surface area contributed by atoms with Gasteiger partial charge in [-0.15, -0.1) is 0 Å². The zero-order valence-electron chi connectivity index (χ0n) is 11.1. The summed E-state index contributed by atoms with van der Waals surface area (Å²) < 4.78 is 1.75. The van der Waals surface area contributed by atoms with E-state index in [0.717, 1.165) is 27.7 Å². The Kier molecular flexibility index (Phi) is 2.21. The molecule has 1 aliphatic heterocycles. The molecule has 1 aliphatic rings. The molecule has 4 rings (SSSR count). The van der Waals surface area contributed by atoms with Crippen molar-refractivity contribution in [3.8, 4) is 0 Å². The molecular weight excluding hydrogens is 250 g/mol. The quantitative estimate of drug-likeness (QED) is 0.713. The van der Waals surface area contributed by atoms with E-state index in [0.29, 0.717) is 6.54 Å². The van der Waals surface area contributed by atoms with Crippen LogP contribution in [0.5, 0.6) is 0 Å². The summed E-state index contributed by atoms with van der Waals surface area (Å²) in [5, 5.41) is 6.52. The van der Waals surface area contributed by atoms with Gasteiger partial charge in [0, 0.05) is 24.2 Å². The summed E-state index contributed by atoms with van der Waals surface area (Å²) >= 11 is 0. The topological polar surface area (TPSA) is 38.1 Å². The van der Waals surface area contributed by atoms with Gasteiger partial charge in [0.15, 0.2) is 0 Å². The average molecular weight is 263 g/mol. The molecule has 0 fully saturated rings. The van der Waals surface area contributed by atoms with Gasteiger partial charge in [0.05, 0.1) is 17.9 Å². The standard InChI is InChI=1S/C16H13N3O/c1-18-9-8-12(17-18)10-19-14-7-3-5-11-4-2-6-13(15(11)14)16(19)20/h2-9H,10H2,1H3. The third kappa shape index (κ3) is 1.48. The summed E-state index contributed by atoms with van der Waals surface area (Å²) in [6, 6.07) is 13.8. The van der Waals surface area contributed by atoms with E-state index in [1.54, 1.807) is 9.58 Å². The first-order valence-corrected chi connectivity index (χ1v) is 6.56. The highest BCUT2D eigenvalue weighted by atomic mass is 16.2. The summed E-state index contributed by atoms with van der Waals surface area (Å²) in [5.74, 6) is 0.0578. The van der Waals surface area contributed by atoms with Crippen LogP contribution in [0.3, 0.4) is 0 Å². The third-order valence-corrected chi connectivity index (χ3v) is 3.74. The molecule has 0 spiro atoms. The van der Waals surface area contributed by atoms with Crippen LogP contribution in [0.4, 0.5) is 5.69 Å². The Bertz CT molecular complexity index is 829. The van der Waals surface area contributed by atoms with Crippen molar-refractivity contribution in [2.75, 3.05) is 4.90 Å². The van der Waals surface area contributed by atoms with Crippen LogP contribution in [0.2, 0.25) is 0 Å². The van der Waals surface area contributed by atoms with Crippen molar-refractivity contribution >= 4 is 22.4 Å². The Balaban J connectivity index is 1.84. The molecule has 0 radical (unpaired) electrons. The number of anilines is 1. The van der Waals surface area contributed by atoms with Gasteiger partial charge >= 0.3 is 0 Å². The lowest BCUT2D eigenvalue weighted by molar-refractivity contribution is 0.0991. The molecular formula is C16H13N3O. The maximum Gasteiger partial charge on any atom is 0.259 e. The van der Waals surface area contributed by atoms with Crippen LogP contribution in [0.1, 0.15) is 16.1 Å². The van der Waals surface area contributed by atoms with Crippen molar-refractivity contribution in [1.82, 2.24) is 9.78 Å². The molecule has 20 heavy (non-hydrogen) atoms. The van der Waals surface area contributed by atoms with Crippen molar-refractivity contribution in [2.45, 2.75) is 6.54 Å². The molecule has 4 heteroatoms. The Hall–Kier alpha value is -2.62. The van der Waals surface area contributed by atoms with Crippen LogP contribution in [0.25, 0.3) is 10.8 Å². The van der Waals surface area contributed by atoms with Crippen molar-refractivity contribution < 1.29 is 4.79 Å². The van der Waals surface area contributed by atoms with E-state index in [-0.39, 0.29) is 5.91 Å². The Morgan fingerprint density at radius 1 is 1.10 bits per heavy atom. The molecule has 3 aromatic rings. The number of amides is 1. The van der Waals surface area contributed by atoms with Gasteiger partial charge in [0.2, 0.25) is 0 Å². The zero-order chi connectivity index (χ0) is 13.7. The smallest absolute Gasteiger partial charge is 0.259 e. The molecule has 1 amide bonds. The van der Waals surface area contributed by atoms with Gasteiger partial charge in [-0.1, -0.05) is 24.3 Å². The summed E-state index contributed by atoms with van der Waals surface area (Å²) in [7, 11) is 1.88. The largest absolute Gasteiger partial charge is 0.302 e. The van der Waals surface area contributed by atoms with Gasteiger partial charge in [-0.3, -0.25) is 9.48 Å². The second-order valence-corrected chi connectivity index (χ2v) is 5.05. The highest BCUT2D eigenvalue weighted by Gasteiger charge is 2.29. The SMILES string of the molecule is Cn1ccc(CN2C(=O)c3cccc4cccc2c34)n1. The minimum Gasteiger partial charge on any atom is -0.302 e. The molecule has 4 nitrogen and oxygen atoms in total. The molecule has 0 saturated carbocycles. The Labute approximate surface area is 116 Å². The highest BCUT2D eigenvalue weighted by Crippen LogP contribution is 2.37. The van der Waals surface area contributed by atoms with E-state index in [1.165, 1.54) is 0 Å². The van der Waals surface area contributed by atoms with Gasteiger partial charge in [-0.2, -0.15) is 5.10 Å². The second kappa shape index (κ2) is 3.93. The molecule has 0 bridgehead atoms. The molecule has 0 atom stereocenters. The molecule has 1 aromatic heterocycles. The lowest BCUT2D eigenvalue weighted by Crippen LogP contribution is -2.26. The average Bonchev–Trinajstić information content (AvgIpc) is 2.98. The van der Waals surface area contributed by atoms with E-state index in [9.17, 15) is 4.79 Å². The first-order chi connectivity index (χ1) is 9.74. The fourth-order valence-electron chi connectivity index (χ4n) is 2.85. The minimum atomic E-state index is 0.0578. The fourth-order valence-corrected chi connectivity index (χ4v) is 2.85. The van der Waals surface area contributed by atoms with Crippen LogP contribution in [-0.2, 0) is 13.6 Å². The number of aryl methyl sites for hydroxylation is 1. The van der Waals surface area contributed by atoms with Gasteiger partial charge in [-0.05, 0) is 23.6 Å². The number of carbonyl (C=O) groups is 1. The van der Waals surface area contributed by atoms with Gasteiger partial charge in [0.25, 0.3) is 5.91 Å². The second-order valence-electron chi connectivity index (χ2n) is 5.05. The molecule has 0 N–H and O–H groups in total.